The molecule has 10 aromatic carbocycles. The molecule has 0 spiro atoms. The van der Waals surface area contributed by atoms with E-state index in [4.69, 9.17) is 9.97 Å². The fraction of sp³-hybridized carbons (Fsp3) is 0. The zero-order valence-electron chi connectivity index (χ0n) is 38.3. The van der Waals surface area contributed by atoms with Crippen LogP contribution in [0.1, 0.15) is 5.56 Å². The number of fused-ring (bicyclic) bond motifs is 9. The summed E-state index contributed by atoms with van der Waals surface area (Å²) in [5.41, 5.74) is 17.6. The molecule has 0 atom stereocenters. The largest absolute Gasteiger partial charge is 0.309 e. The normalized spacial score (nSPS) is 11.6. The van der Waals surface area contributed by atoms with E-state index in [0.29, 0.717) is 11.4 Å². The van der Waals surface area contributed by atoms with Crippen LogP contribution in [0.5, 0.6) is 0 Å². The SMILES string of the molecule is N#Cc1cccc(-c2nc(-c3ccccc3)cc(-c3ccc(-c4ccc(-n5c6ccc(-n7c8ccccc8c8ccccc87)cc6c6cc(-n7c8ccccc8c8ccccc87)ccc65)cc4)cc3)n2)c1. The number of benzene rings is 10. The fourth-order valence-corrected chi connectivity index (χ4v) is 10.8. The van der Waals surface area contributed by atoms with E-state index >= 15 is 0 Å². The molecule has 0 fully saturated rings. The molecule has 4 heterocycles. The van der Waals surface area contributed by atoms with E-state index in [1.165, 1.54) is 54.4 Å². The highest BCUT2D eigenvalue weighted by Gasteiger charge is 2.19. The second-order valence-electron chi connectivity index (χ2n) is 18.1. The summed E-state index contributed by atoms with van der Waals surface area (Å²) in [6, 6.07) is 88.2. The Kier molecular flexibility index (Phi) is 9.16. The summed E-state index contributed by atoms with van der Waals surface area (Å²) in [6.07, 6.45) is 0. The summed E-state index contributed by atoms with van der Waals surface area (Å²) in [7, 11) is 0. The molecule has 6 heteroatoms. The first-order valence-corrected chi connectivity index (χ1v) is 23.9. The lowest BCUT2D eigenvalue weighted by Gasteiger charge is -2.12. The summed E-state index contributed by atoms with van der Waals surface area (Å²) in [5.74, 6) is 0.578. The molecule has 6 nitrogen and oxygen atoms in total. The van der Waals surface area contributed by atoms with Gasteiger partial charge < -0.3 is 13.7 Å². The molecule has 4 aromatic heterocycles. The topological polar surface area (TPSA) is 64.4 Å². The summed E-state index contributed by atoms with van der Waals surface area (Å²) in [5, 5.41) is 17.0. The van der Waals surface area contributed by atoms with Gasteiger partial charge >= 0.3 is 0 Å². The van der Waals surface area contributed by atoms with Crippen LogP contribution in [-0.2, 0) is 0 Å². The molecular weight excluding hydrogens is 865 g/mol. The highest BCUT2D eigenvalue weighted by Crippen LogP contribution is 2.40. The molecule has 0 unspecified atom stereocenters. The van der Waals surface area contributed by atoms with E-state index in [1.807, 2.05) is 42.5 Å². The van der Waals surface area contributed by atoms with Gasteiger partial charge in [-0.2, -0.15) is 5.26 Å². The maximum absolute atomic E-state index is 9.63. The second-order valence-corrected chi connectivity index (χ2v) is 18.1. The Morgan fingerprint density at radius 2 is 0.662 bits per heavy atom. The molecule has 0 bridgehead atoms. The van der Waals surface area contributed by atoms with Crippen molar-refractivity contribution in [1.82, 2.24) is 23.7 Å². The number of nitriles is 1. The van der Waals surface area contributed by atoms with Gasteiger partial charge in [0.2, 0.25) is 0 Å². The van der Waals surface area contributed by atoms with Gasteiger partial charge in [-0.25, -0.2) is 9.97 Å². The Bertz CT molecular complexity index is 4180. The minimum Gasteiger partial charge on any atom is -0.309 e. The fourth-order valence-electron chi connectivity index (χ4n) is 10.8. The van der Waals surface area contributed by atoms with Gasteiger partial charge in [-0.3, -0.25) is 0 Å². The Morgan fingerprint density at radius 1 is 0.282 bits per heavy atom. The van der Waals surface area contributed by atoms with Crippen LogP contribution in [0, 0.1) is 11.3 Å². The average molecular weight is 905 g/mol. The predicted molar refractivity (Wildman–Crippen MR) is 292 cm³/mol. The first-order chi connectivity index (χ1) is 35.1. The number of hydrogen-bond donors (Lipinski definition) is 0. The van der Waals surface area contributed by atoms with Crippen molar-refractivity contribution in [3.8, 4) is 68.2 Å². The zero-order chi connectivity index (χ0) is 47.0. The van der Waals surface area contributed by atoms with Crippen LogP contribution in [0.4, 0.5) is 0 Å². The van der Waals surface area contributed by atoms with Gasteiger partial charge in [-0.05, 0) is 102 Å². The summed E-state index contributed by atoms with van der Waals surface area (Å²) < 4.78 is 7.22. The van der Waals surface area contributed by atoms with Crippen LogP contribution in [0.2, 0.25) is 0 Å². The first-order valence-electron chi connectivity index (χ1n) is 23.9. The van der Waals surface area contributed by atoms with E-state index < -0.39 is 0 Å². The minimum atomic E-state index is 0.570. The number of rotatable bonds is 7. The molecule has 0 saturated carbocycles. The summed E-state index contributed by atoms with van der Waals surface area (Å²) >= 11 is 0. The van der Waals surface area contributed by atoms with Gasteiger partial charge in [0.25, 0.3) is 0 Å². The van der Waals surface area contributed by atoms with E-state index in [2.05, 4.69) is 214 Å². The zero-order valence-corrected chi connectivity index (χ0v) is 38.3. The second kappa shape index (κ2) is 16.2. The summed E-state index contributed by atoms with van der Waals surface area (Å²) in [4.78, 5) is 9.99. The van der Waals surface area contributed by atoms with Gasteiger partial charge in [-0.1, -0.05) is 152 Å². The highest BCUT2D eigenvalue weighted by atomic mass is 15.0. The molecule has 0 saturated heterocycles. The molecular formula is C65H40N6. The Labute approximate surface area is 408 Å². The lowest BCUT2D eigenvalue weighted by molar-refractivity contribution is 1.16. The number of aromatic nitrogens is 5. The third kappa shape index (κ3) is 6.56. The van der Waals surface area contributed by atoms with Crippen molar-refractivity contribution >= 4 is 65.4 Å². The van der Waals surface area contributed by atoms with Gasteiger partial charge in [0.15, 0.2) is 5.82 Å². The quantitative estimate of drug-likeness (QED) is 0.160. The maximum atomic E-state index is 9.63. The molecule has 0 aliphatic heterocycles. The molecule has 14 rings (SSSR count). The molecule has 14 aromatic rings. The standard InChI is InChI=1S/C65H40N6/c66-41-42-13-12-16-47(37-42)65-67-57(45-14-2-1-3-15-45)40-58(68-65)46-27-25-43(26-28-46)44-29-31-48(32-30-44)69-63-35-33-49(70-59-21-8-4-17-51(59)52-18-5-9-22-60(52)70)38-55(63)56-39-50(34-36-64(56)69)71-61-23-10-6-19-53(61)54-20-7-11-24-62(54)71/h1-40H. The lowest BCUT2D eigenvalue weighted by atomic mass is 10.0. The van der Waals surface area contributed by atoms with Crippen LogP contribution in [0.3, 0.4) is 0 Å². The minimum absolute atomic E-state index is 0.570. The third-order valence-electron chi connectivity index (χ3n) is 14.1. The number of para-hydroxylation sites is 4. The van der Waals surface area contributed by atoms with E-state index in [0.717, 1.165) is 67.3 Å². The predicted octanol–water partition coefficient (Wildman–Crippen LogP) is 16.3. The molecule has 71 heavy (non-hydrogen) atoms. The van der Waals surface area contributed by atoms with Crippen LogP contribution >= 0.6 is 0 Å². The Hall–Kier alpha value is -9.83. The first kappa shape index (κ1) is 40.3. The van der Waals surface area contributed by atoms with Crippen molar-refractivity contribution in [2.24, 2.45) is 0 Å². The van der Waals surface area contributed by atoms with Crippen LogP contribution in [-0.4, -0.2) is 23.7 Å². The Morgan fingerprint density at radius 3 is 1.15 bits per heavy atom. The highest BCUT2D eigenvalue weighted by molar-refractivity contribution is 6.14. The monoisotopic (exact) mass is 904 g/mol. The van der Waals surface area contributed by atoms with Gasteiger partial charge in [0.1, 0.15) is 0 Å². The summed E-state index contributed by atoms with van der Waals surface area (Å²) in [6.45, 7) is 0. The van der Waals surface area contributed by atoms with Crippen LogP contribution in [0.25, 0.3) is 128 Å². The van der Waals surface area contributed by atoms with Crippen LogP contribution < -0.4 is 0 Å². The molecule has 0 amide bonds. The smallest absolute Gasteiger partial charge is 0.160 e. The van der Waals surface area contributed by atoms with Gasteiger partial charge in [0.05, 0.1) is 56.1 Å². The Balaban J connectivity index is 0.885. The van der Waals surface area contributed by atoms with E-state index in [-0.39, 0.29) is 0 Å². The van der Waals surface area contributed by atoms with Crippen molar-refractivity contribution < 1.29 is 0 Å². The molecule has 0 N–H and O–H groups in total. The van der Waals surface area contributed by atoms with Crippen molar-refractivity contribution in [2.45, 2.75) is 0 Å². The van der Waals surface area contributed by atoms with Gasteiger partial charge in [-0.15, -0.1) is 0 Å². The van der Waals surface area contributed by atoms with Gasteiger partial charge in [0, 0.05) is 66.1 Å². The van der Waals surface area contributed by atoms with E-state index in [9.17, 15) is 5.26 Å². The van der Waals surface area contributed by atoms with E-state index in [1.54, 1.807) is 6.07 Å². The van der Waals surface area contributed by atoms with Crippen molar-refractivity contribution in [3.05, 3.63) is 248 Å². The molecule has 330 valence electrons. The van der Waals surface area contributed by atoms with Crippen LogP contribution in [0.15, 0.2) is 243 Å². The van der Waals surface area contributed by atoms with Crippen molar-refractivity contribution in [3.63, 3.8) is 0 Å². The number of hydrogen-bond acceptors (Lipinski definition) is 3. The molecule has 0 aliphatic rings. The average Bonchev–Trinajstić information content (AvgIpc) is 4.08. The number of nitrogens with zero attached hydrogens (tertiary/aromatic N) is 6. The lowest BCUT2D eigenvalue weighted by Crippen LogP contribution is -1.96. The van der Waals surface area contributed by atoms with Crippen molar-refractivity contribution in [1.29, 1.82) is 5.26 Å². The third-order valence-corrected chi connectivity index (χ3v) is 14.1. The van der Waals surface area contributed by atoms with Crippen molar-refractivity contribution in [2.75, 3.05) is 0 Å². The molecule has 0 radical (unpaired) electrons. The maximum Gasteiger partial charge on any atom is 0.160 e. The molecule has 0 aliphatic carbocycles.